The zero-order valence-electron chi connectivity index (χ0n) is 19.0. The van der Waals surface area contributed by atoms with Crippen LogP contribution in [0.1, 0.15) is 79.1 Å². The summed E-state index contributed by atoms with van der Waals surface area (Å²) >= 11 is 0. The summed E-state index contributed by atoms with van der Waals surface area (Å²) in [5, 5.41) is 10.6. The van der Waals surface area contributed by atoms with E-state index in [0.717, 1.165) is 44.9 Å². The second-order valence-corrected chi connectivity index (χ2v) is 10.7. The van der Waals surface area contributed by atoms with Crippen LogP contribution in [-0.4, -0.2) is 35.9 Å². The summed E-state index contributed by atoms with van der Waals surface area (Å²) in [7, 11) is 0. The molecule has 0 heterocycles. The van der Waals surface area contributed by atoms with E-state index in [9.17, 15) is 14.7 Å². The first-order valence-electron chi connectivity index (χ1n) is 11.9. The fourth-order valence-electron chi connectivity index (χ4n) is 8.21. The van der Waals surface area contributed by atoms with E-state index in [1.54, 1.807) is 0 Å². The highest BCUT2D eigenvalue weighted by molar-refractivity contribution is 5.66. The molecule has 0 amide bonds. The topological polar surface area (TPSA) is 72.8 Å². The molecule has 0 spiro atoms. The van der Waals surface area contributed by atoms with Gasteiger partial charge in [0.2, 0.25) is 0 Å². The van der Waals surface area contributed by atoms with Crippen molar-refractivity contribution >= 4 is 11.9 Å². The van der Waals surface area contributed by atoms with Crippen LogP contribution in [-0.2, 0) is 19.1 Å². The first-order chi connectivity index (χ1) is 14.2. The van der Waals surface area contributed by atoms with Crippen LogP contribution < -0.4 is 0 Å². The van der Waals surface area contributed by atoms with E-state index in [4.69, 9.17) is 9.47 Å². The van der Waals surface area contributed by atoms with Crippen LogP contribution in [0.25, 0.3) is 0 Å². The Bertz CT molecular complexity index is 729. The van der Waals surface area contributed by atoms with E-state index in [1.165, 1.54) is 25.8 Å². The molecule has 5 heteroatoms. The molecule has 0 aliphatic heterocycles. The molecule has 0 bridgehead atoms. The lowest BCUT2D eigenvalue weighted by molar-refractivity contribution is -0.154. The Morgan fingerprint density at radius 1 is 1.13 bits per heavy atom. The van der Waals surface area contributed by atoms with Crippen LogP contribution in [0.5, 0.6) is 0 Å². The van der Waals surface area contributed by atoms with E-state index in [0.29, 0.717) is 23.7 Å². The SMILES string of the molecule is CC(=O)O[C@H]1CC[C@@]2(CO)C(=CC[C@@H]3[C@@H]2CC[C@]2(C)[C@@H]([C@H](C)OC(C)=O)CC[C@@H]32)C1. The molecule has 8 atom stereocenters. The molecule has 4 aliphatic rings. The largest absolute Gasteiger partial charge is 0.463 e. The average molecular weight is 419 g/mol. The lowest BCUT2D eigenvalue weighted by Gasteiger charge is -2.58. The Balaban J connectivity index is 1.57. The molecule has 0 unspecified atom stereocenters. The van der Waals surface area contributed by atoms with Crippen molar-refractivity contribution in [2.75, 3.05) is 6.61 Å². The highest BCUT2D eigenvalue weighted by atomic mass is 16.5. The Hall–Kier alpha value is -1.36. The standard InChI is InChI=1S/C25H38O5/c1-15(29-16(2)27)21-7-8-22-20-6-5-18-13-19(30-17(3)28)9-12-25(18,14-26)23(20)10-11-24(21,22)4/h5,15,19-23,26H,6-14H2,1-4H3/t15-,19-,20-,21+,22-,23-,24+,25+/m0/s1. The van der Waals surface area contributed by atoms with E-state index < -0.39 is 0 Å². The number of aliphatic hydroxyl groups excluding tert-OH is 1. The summed E-state index contributed by atoms with van der Waals surface area (Å²) in [5.41, 5.74) is 1.39. The summed E-state index contributed by atoms with van der Waals surface area (Å²) in [6, 6.07) is 0. The third-order valence-electron chi connectivity index (χ3n) is 9.39. The first-order valence-corrected chi connectivity index (χ1v) is 11.9. The molecule has 168 valence electrons. The van der Waals surface area contributed by atoms with Crippen molar-refractivity contribution < 1.29 is 24.2 Å². The van der Waals surface area contributed by atoms with Gasteiger partial charge in [0.25, 0.3) is 0 Å². The van der Waals surface area contributed by atoms with Crippen LogP contribution in [0.3, 0.4) is 0 Å². The third-order valence-corrected chi connectivity index (χ3v) is 9.39. The fraction of sp³-hybridized carbons (Fsp3) is 0.840. The van der Waals surface area contributed by atoms with Crippen LogP contribution in [0, 0.1) is 34.5 Å². The van der Waals surface area contributed by atoms with Crippen molar-refractivity contribution in [1.82, 2.24) is 0 Å². The molecule has 0 radical (unpaired) electrons. The Kier molecular flexibility index (Phi) is 5.80. The number of carbonyl (C=O) groups is 2. The zero-order valence-corrected chi connectivity index (χ0v) is 19.0. The summed E-state index contributed by atoms with van der Waals surface area (Å²) < 4.78 is 11.1. The predicted octanol–water partition coefficient (Wildman–Crippen LogP) is 4.42. The van der Waals surface area contributed by atoms with Gasteiger partial charge in [0.1, 0.15) is 12.2 Å². The smallest absolute Gasteiger partial charge is 0.302 e. The molecule has 3 fully saturated rings. The summed E-state index contributed by atoms with van der Waals surface area (Å²) in [6.07, 6.45) is 10.5. The number of rotatable bonds is 4. The summed E-state index contributed by atoms with van der Waals surface area (Å²) in [6.45, 7) is 7.68. The molecule has 0 aromatic carbocycles. The maximum Gasteiger partial charge on any atom is 0.302 e. The second kappa shape index (κ2) is 7.96. The zero-order chi connectivity index (χ0) is 21.7. The predicted molar refractivity (Wildman–Crippen MR) is 113 cm³/mol. The van der Waals surface area contributed by atoms with Gasteiger partial charge >= 0.3 is 11.9 Å². The molecule has 4 aliphatic carbocycles. The van der Waals surface area contributed by atoms with Crippen LogP contribution in [0.4, 0.5) is 0 Å². The monoisotopic (exact) mass is 418 g/mol. The van der Waals surface area contributed by atoms with Crippen molar-refractivity contribution in [3.63, 3.8) is 0 Å². The highest BCUT2D eigenvalue weighted by Gasteiger charge is 2.60. The Morgan fingerprint density at radius 3 is 2.57 bits per heavy atom. The van der Waals surface area contributed by atoms with Crippen molar-refractivity contribution in [2.45, 2.75) is 91.3 Å². The van der Waals surface area contributed by atoms with Gasteiger partial charge in [0.05, 0.1) is 6.61 Å². The molecular weight excluding hydrogens is 380 g/mol. The van der Waals surface area contributed by atoms with E-state index in [1.807, 2.05) is 0 Å². The number of allylic oxidation sites excluding steroid dienone is 1. The maximum atomic E-state index is 11.5. The number of hydrogen-bond donors (Lipinski definition) is 1. The Labute approximate surface area is 180 Å². The number of carbonyl (C=O) groups excluding carboxylic acids is 2. The minimum absolute atomic E-state index is 0.0327. The molecule has 4 rings (SSSR count). The Morgan fingerprint density at radius 2 is 1.90 bits per heavy atom. The van der Waals surface area contributed by atoms with E-state index in [2.05, 4.69) is 19.9 Å². The van der Waals surface area contributed by atoms with Gasteiger partial charge in [-0.2, -0.15) is 0 Å². The molecule has 0 aromatic rings. The minimum atomic E-state index is -0.210. The summed E-state index contributed by atoms with van der Waals surface area (Å²) in [5.74, 6) is 1.73. The summed E-state index contributed by atoms with van der Waals surface area (Å²) in [4.78, 5) is 23.0. The molecule has 3 saturated carbocycles. The van der Waals surface area contributed by atoms with Crippen molar-refractivity contribution in [3.8, 4) is 0 Å². The minimum Gasteiger partial charge on any atom is -0.463 e. The quantitative estimate of drug-likeness (QED) is 0.540. The number of ether oxygens (including phenoxy) is 2. The van der Waals surface area contributed by atoms with Gasteiger partial charge in [-0.25, -0.2) is 0 Å². The normalized spacial score (nSPS) is 43.5. The molecule has 30 heavy (non-hydrogen) atoms. The van der Waals surface area contributed by atoms with Crippen molar-refractivity contribution in [3.05, 3.63) is 11.6 Å². The number of aliphatic hydroxyl groups is 1. The van der Waals surface area contributed by atoms with Crippen molar-refractivity contribution in [2.24, 2.45) is 34.5 Å². The van der Waals surface area contributed by atoms with Gasteiger partial charge < -0.3 is 14.6 Å². The van der Waals surface area contributed by atoms with Gasteiger partial charge in [-0.05, 0) is 75.0 Å². The van der Waals surface area contributed by atoms with E-state index in [-0.39, 0.29) is 41.6 Å². The van der Waals surface area contributed by atoms with Gasteiger partial charge in [-0.15, -0.1) is 0 Å². The average Bonchev–Trinajstić information content (AvgIpc) is 3.04. The van der Waals surface area contributed by atoms with E-state index >= 15 is 0 Å². The van der Waals surface area contributed by atoms with Gasteiger partial charge in [0, 0.05) is 31.6 Å². The molecule has 0 aromatic heterocycles. The molecular formula is C25H38O5. The third kappa shape index (κ3) is 3.41. The molecule has 5 nitrogen and oxygen atoms in total. The molecule has 0 saturated heterocycles. The first kappa shape index (κ1) is 21.9. The van der Waals surface area contributed by atoms with Gasteiger partial charge in [-0.3, -0.25) is 9.59 Å². The second-order valence-electron chi connectivity index (χ2n) is 10.7. The van der Waals surface area contributed by atoms with Crippen LogP contribution in [0.15, 0.2) is 11.6 Å². The lowest BCUT2D eigenvalue weighted by Crippen LogP contribution is -2.53. The maximum absolute atomic E-state index is 11.5. The number of esters is 2. The lowest BCUT2D eigenvalue weighted by atomic mass is 9.47. The van der Waals surface area contributed by atoms with Gasteiger partial charge in [-0.1, -0.05) is 18.6 Å². The molecule has 1 N–H and O–H groups in total. The number of fused-ring (bicyclic) bond motifs is 5. The van der Waals surface area contributed by atoms with Crippen LogP contribution in [0.2, 0.25) is 0 Å². The fourth-order valence-corrected chi connectivity index (χ4v) is 8.21. The van der Waals surface area contributed by atoms with Crippen molar-refractivity contribution in [1.29, 1.82) is 0 Å². The van der Waals surface area contributed by atoms with Crippen LogP contribution >= 0.6 is 0 Å². The highest BCUT2D eigenvalue weighted by Crippen LogP contribution is 2.66. The van der Waals surface area contributed by atoms with Gasteiger partial charge in [0.15, 0.2) is 0 Å². The number of hydrogen-bond acceptors (Lipinski definition) is 5.